The number of halogens is 3. The molecule has 11 heteroatoms. The largest absolute Gasteiger partial charge is 0.494 e. The predicted octanol–water partition coefficient (Wildman–Crippen LogP) is 4.05. The average molecular weight is 505 g/mol. The van der Waals surface area contributed by atoms with E-state index in [1.54, 1.807) is 34.6 Å². The molecule has 1 atom stereocenters. The summed E-state index contributed by atoms with van der Waals surface area (Å²) >= 11 is 0. The van der Waals surface area contributed by atoms with Crippen LogP contribution in [0.2, 0.25) is 0 Å². The van der Waals surface area contributed by atoms with Gasteiger partial charge in [-0.1, -0.05) is 24.3 Å². The van der Waals surface area contributed by atoms with Crippen LogP contribution in [0.1, 0.15) is 30.5 Å². The molecule has 2 aliphatic heterocycles. The molecule has 3 aromatic rings. The first-order chi connectivity index (χ1) is 17.1. The lowest BCUT2D eigenvalue weighted by Gasteiger charge is -2.38. The number of imidazole rings is 1. The SMILES string of the molecule is COc1cccc2c1n(Cc1ccccc1C(F)(F)F)c(=O)n2C1CCN(C(=O)OC2(C)COC2)C1. The lowest BCUT2D eigenvalue weighted by molar-refractivity contribution is -0.171. The van der Waals surface area contributed by atoms with Crippen molar-refractivity contribution in [2.75, 3.05) is 33.4 Å². The Hall–Kier alpha value is -3.47. The lowest BCUT2D eigenvalue weighted by atomic mass is 10.1. The van der Waals surface area contributed by atoms with Crippen molar-refractivity contribution in [3.05, 3.63) is 64.1 Å². The van der Waals surface area contributed by atoms with Gasteiger partial charge in [-0.05, 0) is 37.1 Å². The van der Waals surface area contributed by atoms with Crippen molar-refractivity contribution in [1.82, 2.24) is 14.0 Å². The van der Waals surface area contributed by atoms with E-state index in [9.17, 15) is 22.8 Å². The van der Waals surface area contributed by atoms with Gasteiger partial charge in [0, 0.05) is 13.1 Å². The van der Waals surface area contributed by atoms with Gasteiger partial charge in [0.05, 0.1) is 44.0 Å². The second-order valence-corrected chi connectivity index (χ2v) is 9.42. The fourth-order valence-electron chi connectivity index (χ4n) is 4.92. The van der Waals surface area contributed by atoms with Crippen LogP contribution in [0.3, 0.4) is 0 Å². The molecule has 8 nitrogen and oxygen atoms in total. The van der Waals surface area contributed by atoms with Gasteiger partial charge in [0.15, 0.2) is 5.60 Å². The number of nitrogens with zero attached hydrogens (tertiary/aromatic N) is 3. The Kier molecular flexibility index (Phi) is 5.98. The van der Waals surface area contributed by atoms with Gasteiger partial charge in [0.1, 0.15) is 11.3 Å². The predicted molar refractivity (Wildman–Crippen MR) is 124 cm³/mol. The monoisotopic (exact) mass is 505 g/mol. The molecule has 5 rings (SSSR count). The third-order valence-electron chi connectivity index (χ3n) is 6.75. The molecule has 192 valence electrons. The first-order valence-electron chi connectivity index (χ1n) is 11.6. The fourth-order valence-corrected chi connectivity index (χ4v) is 4.92. The second kappa shape index (κ2) is 8.88. The summed E-state index contributed by atoms with van der Waals surface area (Å²) in [6.07, 6.45) is -4.54. The van der Waals surface area contributed by atoms with Crippen LogP contribution in [-0.2, 0) is 22.2 Å². The third-order valence-corrected chi connectivity index (χ3v) is 6.75. The van der Waals surface area contributed by atoms with Crippen LogP contribution in [0.15, 0.2) is 47.3 Å². The summed E-state index contributed by atoms with van der Waals surface area (Å²) in [5.41, 5.74) is -1.00. The van der Waals surface area contributed by atoms with Crippen molar-refractivity contribution in [2.24, 2.45) is 0 Å². The maximum absolute atomic E-state index is 13.7. The summed E-state index contributed by atoms with van der Waals surface area (Å²) in [5, 5.41) is 0. The number of carbonyl (C=O) groups is 1. The fraction of sp³-hybridized carbons (Fsp3) is 0.440. The number of likely N-dealkylation sites (tertiary alicyclic amines) is 1. The highest BCUT2D eigenvalue weighted by Gasteiger charge is 2.41. The summed E-state index contributed by atoms with van der Waals surface area (Å²) in [7, 11) is 1.45. The number of amides is 1. The van der Waals surface area contributed by atoms with Crippen molar-refractivity contribution in [3.8, 4) is 5.75 Å². The number of fused-ring (bicyclic) bond motifs is 1. The van der Waals surface area contributed by atoms with Crippen LogP contribution < -0.4 is 10.4 Å². The Bertz CT molecular complexity index is 1360. The molecule has 0 N–H and O–H groups in total. The number of hydrogen-bond donors (Lipinski definition) is 0. The molecule has 0 aliphatic carbocycles. The molecule has 36 heavy (non-hydrogen) atoms. The first-order valence-corrected chi connectivity index (χ1v) is 11.6. The minimum absolute atomic E-state index is 0.0235. The smallest absolute Gasteiger partial charge is 0.416 e. The second-order valence-electron chi connectivity index (χ2n) is 9.42. The topological polar surface area (TPSA) is 74.9 Å². The Morgan fingerprint density at radius 3 is 2.58 bits per heavy atom. The molecule has 0 bridgehead atoms. The third kappa shape index (κ3) is 4.21. The van der Waals surface area contributed by atoms with E-state index in [1.165, 1.54) is 29.9 Å². The highest BCUT2D eigenvalue weighted by molar-refractivity contribution is 5.83. The molecule has 0 radical (unpaired) electrons. The van der Waals surface area contributed by atoms with Crippen LogP contribution in [0.4, 0.5) is 18.0 Å². The van der Waals surface area contributed by atoms with Gasteiger partial charge in [-0.3, -0.25) is 9.13 Å². The number of methoxy groups -OCH3 is 1. The van der Waals surface area contributed by atoms with Gasteiger partial charge < -0.3 is 19.1 Å². The van der Waals surface area contributed by atoms with Crippen molar-refractivity contribution in [2.45, 2.75) is 37.7 Å². The highest BCUT2D eigenvalue weighted by atomic mass is 19.4. The zero-order valence-corrected chi connectivity index (χ0v) is 19.9. The molecule has 2 saturated heterocycles. The number of ether oxygens (including phenoxy) is 3. The van der Waals surface area contributed by atoms with E-state index >= 15 is 0 Å². The van der Waals surface area contributed by atoms with Gasteiger partial charge in [-0.2, -0.15) is 13.2 Å². The Balaban J connectivity index is 1.52. The van der Waals surface area contributed by atoms with E-state index in [-0.39, 0.29) is 24.7 Å². The van der Waals surface area contributed by atoms with Crippen LogP contribution in [0.25, 0.3) is 11.0 Å². The minimum Gasteiger partial charge on any atom is -0.494 e. The number of carbonyl (C=O) groups excluding carboxylic acids is 1. The molecule has 2 fully saturated rings. The van der Waals surface area contributed by atoms with Crippen molar-refractivity contribution >= 4 is 17.1 Å². The normalized spacial score (nSPS) is 19.4. The number of hydrogen-bond acceptors (Lipinski definition) is 5. The summed E-state index contributed by atoms with van der Waals surface area (Å²) < 4.78 is 60.0. The van der Waals surface area contributed by atoms with E-state index < -0.39 is 29.1 Å². The maximum atomic E-state index is 13.7. The molecular formula is C25H26F3N3O5. The van der Waals surface area contributed by atoms with Crippen LogP contribution in [0, 0.1) is 0 Å². The van der Waals surface area contributed by atoms with E-state index in [0.717, 1.165) is 6.07 Å². The van der Waals surface area contributed by atoms with E-state index in [0.29, 0.717) is 43.0 Å². The Morgan fingerprint density at radius 2 is 1.92 bits per heavy atom. The number of aromatic nitrogens is 2. The standard InChI is InChI=1S/C25H26F3N3O5/c1-24(14-35-15-24)36-23(33)29-11-10-17(13-29)31-19-8-5-9-20(34-2)21(19)30(22(31)32)12-16-6-3-4-7-18(16)25(26,27)28/h3-9,17H,10-15H2,1-2H3. The van der Waals surface area contributed by atoms with Crippen molar-refractivity contribution in [1.29, 1.82) is 0 Å². The summed E-state index contributed by atoms with van der Waals surface area (Å²) in [5.74, 6) is 0.375. The average Bonchev–Trinajstić information content (AvgIpc) is 3.40. The van der Waals surface area contributed by atoms with E-state index in [2.05, 4.69) is 0 Å². The molecule has 0 spiro atoms. The molecule has 0 saturated carbocycles. The maximum Gasteiger partial charge on any atom is 0.416 e. The van der Waals surface area contributed by atoms with E-state index in [1.807, 2.05) is 0 Å². The van der Waals surface area contributed by atoms with Crippen molar-refractivity contribution < 1.29 is 32.2 Å². The lowest BCUT2D eigenvalue weighted by Crippen LogP contribution is -2.52. The van der Waals surface area contributed by atoms with Gasteiger partial charge in [0.25, 0.3) is 0 Å². The van der Waals surface area contributed by atoms with Gasteiger partial charge in [-0.25, -0.2) is 9.59 Å². The summed E-state index contributed by atoms with van der Waals surface area (Å²) in [6, 6.07) is 9.96. The highest BCUT2D eigenvalue weighted by Crippen LogP contribution is 2.34. The summed E-state index contributed by atoms with van der Waals surface area (Å²) in [6.45, 7) is 2.82. The molecule has 3 heterocycles. The van der Waals surface area contributed by atoms with Crippen LogP contribution >= 0.6 is 0 Å². The zero-order chi connectivity index (χ0) is 25.7. The number of rotatable bonds is 5. The molecule has 1 amide bonds. The van der Waals surface area contributed by atoms with Crippen molar-refractivity contribution in [3.63, 3.8) is 0 Å². The molecule has 2 aliphatic rings. The number of para-hydroxylation sites is 1. The minimum atomic E-state index is -4.56. The summed E-state index contributed by atoms with van der Waals surface area (Å²) in [4.78, 5) is 27.9. The zero-order valence-electron chi connectivity index (χ0n) is 19.9. The van der Waals surface area contributed by atoms with Crippen LogP contribution in [0.5, 0.6) is 5.75 Å². The Labute approximate surface area is 204 Å². The molecular weight excluding hydrogens is 479 g/mol. The van der Waals surface area contributed by atoms with Crippen LogP contribution in [-0.4, -0.2) is 59.1 Å². The molecule has 1 unspecified atom stereocenters. The van der Waals surface area contributed by atoms with Gasteiger partial charge in [0.2, 0.25) is 0 Å². The number of alkyl halides is 3. The van der Waals surface area contributed by atoms with E-state index in [4.69, 9.17) is 14.2 Å². The quantitative estimate of drug-likeness (QED) is 0.523. The molecule has 2 aromatic carbocycles. The van der Waals surface area contributed by atoms with Gasteiger partial charge >= 0.3 is 18.0 Å². The van der Waals surface area contributed by atoms with Gasteiger partial charge in [-0.15, -0.1) is 0 Å². The first kappa shape index (κ1) is 24.2. The molecule has 1 aromatic heterocycles. The number of benzene rings is 2. The Morgan fingerprint density at radius 1 is 1.17 bits per heavy atom.